The van der Waals surface area contributed by atoms with E-state index in [9.17, 15) is 39.6 Å². The second kappa shape index (κ2) is 8.38. The summed E-state index contributed by atoms with van der Waals surface area (Å²) in [5, 5.41) is 46.4. The number of fused-ring (bicyclic) bond motifs is 3. The molecule has 3 aliphatic carbocycles. The van der Waals surface area contributed by atoms with Crippen LogP contribution in [0.3, 0.4) is 0 Å². The number of primary amides is 1. The number of aromatic hydroxyl groups is 1. The third-order valence-electron chi connectivity index (χ3n) is 8.09. The molecule has 196 valence electrons. The summed E-state index contributed by atoms with van der Waals surface area (Å²) in [4.78, 5) is 52.2. The quantitative estimate of drug-likeness (QED) is 0.247. The van der Waals surface area contributed by atoms with Gasteiger partial charge >= 0.3 is 0 Å². The highest BCUT2D eigenvalue weighted by Gasteiger charge is 2.60. The van der Waals surface area contributed by atoms with Crippen LogP contribution in [0.2, 0.25) is 0 Å². The van der Waals surface area contributed by atoms with Crippen molar-refractivity contribution < 1.29 is 44.0 Å². The van der Waals surface area contributed by atoms with Crippen molar-refractivity contribution in [3.63, 3.8) is 0 Å². The summed E-state index contributed by atoms with van der Waals surface area (Å²) in [6.07, 6.45) is 0.650. The van der Waals surface area contributed by atoms with Crippen LogP contribution < -0.4 is 11.1 Å². The van der Waals surface area contributed by atoms with E-state index in [0.29, 0.717) is 13.0 Å². The summed E-state index contributed by atoms with van der Waals surface area (Å²) in [6.45, 7) is 0.702. The SMILES string of the molecule is CN1CCC[C@H]1C(=O)Nc1cc(F)c2c(c1O)C(O)=C1C(=O)[C@]3(O)C(O)=C(C(N)=O)C(=O)C[C@@H]3CC1C2. The summed E-state index contributed by atoms with van der Waals surface area (Å²) in [6, 6.07) is 0.460. The number of hydrogen-bond acceptors (Lipinski definition) is 9. The Hall–Kier alpha value is -3.77. The van der Waals surface area contributed by atoms with Crippen LogP contribution in [-0.2, 0) is 25.6 Å². The number of rotatable bonds is 3. The van der Waals surface area contributed by atoms with Gasteiger partial charge in [0.25, 0.3) is 5.91 Å². The first-order valence-electron chi connectivity index (χ1n) is 11.9. The molecule has 4 atom stereocenters. The minimum absolute atomic E-state index is 0.0994. The van der Waals surface area contributed by atoms with Gasteiger partial charge in [-0.05, 0) is 45.2 Å². The standard InChI is InChI=1S/C25H26FN3O8/c1-29-4-2-3-14(29)24(36)28-13-8-12(26)11-6-9-5-10-7-15(30)18(23(27)35)22(34)25(10,37)21(33)16(9)20(32)17(11)19(13)31/h8-10,14,31-32,34,37H,2-7H2,1H3,(H2,27,35)(H,28,36)/t9?,10-,14-,25-/m0/s1. The molecule has 5 rings (SSSR count). The number of benzene rings is 1. The van der Waals surface area contributed by atoms with Gasteiger partial charge in [-0.1, -0.05) is 0 Å². The Morgan fingerprint density at radius 1 is 1.22 bits per heavy atom. The molecule has 1 aromatic carbocycles. The topological polar surface area (TPSA) is 190 Å². The Labute approximate surface area is 210 Å². The fourth-order valence-electron chi connectivity index (χ4n) is 6.20. The number of halogens is 1. The number of likely N-dealkylation sites (tertiary alicyclic amines) is 1. The predicted molar refractivity (Wildman–Crippen MR) is 126 cm³/mol. The van der Waals surface area contributed by atoms with Crippen LogP contribution in [0.5, 0.6) is 5.75 Å². The van der Waals surface area contributed by atoms with E-state index in [4.69, 9.17) is 5.73 Å². The predicted octanol–water partition coefficient (Wildman–Crippen LogP) is 0.596. The van der Waals surface area contributed by atoms with Gasteiger partial charge in [0.15, 0.2) is 17.1 Å². The van der Waals surface area contributed by atoms with Crippen LogP contribution in [0.25, 0.3) is 5.76 Å². The van der Waals surface area contributed by atoms with Gasteiger partial charge in [0, 0.05) is 29.5 Å². The maximum Gasteiger partial charge on any atom is 0.255 e. The van der Waals surface area contributed by atoms with Crippen LogP contribution in [0.4, 0.5) is 10.1 Å². The normalized spacial score (nSPS) is 29.6. The van der Waals surface area contributed by atoms with E-state index in [1.165, 1.54) is 0 Å². The van der Waals surface area contributed by atoms with Crippen molar-refractivity contribution in [1.29, 1.82) is 0 Å². The molecule has 1 aliphatic heterocycles. The van der Waals surface area contributed by atoms with Crippen LogP contribution in [0.15, 0.2) is 23.0 Å². The van der Waals surface area contributed by atoms with E-state index in [-0.39, 0.29) is 29.7 Å². The Morgan fingerprint density at radius 3 is 2.54 bits per heavy atom. The highest BCUT2D eigenvalue weighted by atomic mass is 19.1. The molecule has 7 N–H and O–H groups in total. The third kappa shape index (κ3) is 3.46. The van der Waals surface area contributed by atoms with Crippen molar-refractivity contribution in [3.8, 4) is 5.75 Å². The number of phenols is 1. The number of amides is 2. The zero-order valence-electron chi connectivity index (χ0n) is 19.9. The molecule has 0 radical (unpaired) electrons. The lowest BCUT2D eigenvalue weighted by Gasteiger charge is -2.46. The minimum Gasteiger partial charge on any atom is -0.508 e. The van der Waals surface area contributed by atoms with Gasteiger partial charge < -0.3 is 31.5 Å². The smallest absolute Gasteiger partial charge is 0.255 e. The molecule has 1 saturated heterocycles. The molecule has 1 unspecified atom stereocenters. The van der Waals surface area contributed by atoms with Gasteiger partial charge in [0.05, 0.1) is 17.3 Å². The van der Waals surface area contributed by atoms with Crippen LogP contribution in [0, 0.1) is 17.7 Å². The van der Waals surface area contributed by atoms with Gasteiger partial charge in [-0.25, -0.2) is 4.39 Å². The highest BCUT2D eigenvalue weighted by molar-refractivity contribution is 6.22. The lowest BCUT2D eigenvalue weighted by Crippen LogP contribution is -2.58. The largest absolute Gasteiger partial charge is 0.508 e. The average Bonchev–Trinajstić information content (AvgIpc) is 3.25. The van der Waals surface area contributed by atoms with E-state index in [1.54, 1.807) is 7.05 Å². The number of nitrogens with zero attached hydrogens (tertiary/aromatic N) is 1. The van der Waals surface area contributed by atoms with Crippen LogP contribution in [-0.4, -0.2) is 73.9 Å². The van der Waals surface area contributed by atoms with E-state index in [1.807, 2.05) is 4.90 Å². The van der Waals surface area contributed by atoms with Gasteiger partial charge in [-0.3, -0.25) is 24.1 Å². The first kappa shape index (κ1) is 24.9. The summed E-state index contributed by atoms with van der Waals surface area (Å²) in [5.74, 6) is -9.29. The number of Topliss-reactive ketones (excluding diaryl/α,β-unsaturated/α-hetero) is 2. The molecule has 0 aromatic heterocycles. The Kier molecular flexibility index (Phi) is 5.64. The van der Waals surface area contributed by atoms with Crippen molar-refractivity contribution in [2.24, 2.45) is 17.6 Å². The number of aliphatic hydroxyl groups excluding tert-OH is 2. The second-order valence-electron chi connectivity index (χ2n) is 10.1. The van der Waals surface area contributed by atoms with Crippen LogP contribution >= 0.6 is 0 Å². The molecular formula is C25H26FN3O8. The number of hydrogen-bond donors (Lipinski definition) is 6. The molecule has 12 heteroatoms. The van der Waals surface area contributed by atoms with Gasteiger partial charge in [0.2, 0.25) is 11.7 Å². The lowest BCUT2D eigenvalue weighted by molar-refractivity contribution is -0.147. The number of anilines is 1. The molecule has 1 aromatic rings. The van der Waals surface area contributed by atoms with E-state index in [2.05, 4.69) is 5.32 Å². The number of phenolic OH excluding ortho intramolecular Hbond substituents is 1. The fourth-order valence-corrected chi connectivity index (χ4v) is 6.20. The van der Waals surface area contributed by atoms with E-state index in [0.717, 1.165) is 12.5 Å². The first-order chi connectivity index (χ1) is 17.4. The fraction of sp³-hybridized carbons (Fsp3) is 0.440. The molecule has 2 amide bonds. The lowest BCUT2D eigenvalue weighted by atomic mass is 9.59. The van der Waals surface area contributed by atoms with Gasteiger partial charge in [-0.15, -0.1) is 0 Å². The molecule has 2 fully saturated rings. The van der Waals surface area contributed by atoms with Gasteiger partial charge in [0.1, 0.15) is 22.9 Å². The van der Waals surface area contributed by atoms with Crippen molar-refractivity contribution in [3.05, 3.63) is 39.9 Å². The number of carbonyl (C=O) groups is 4. The van der Waals surface area contributed by atoms with Crippen molar-refractivity contribution >= 4 is 34.8 Å². The van der Waals surface area contributed by atoms with Crippen molar-refractivity contribution in [1.82, 2.24) is 4.90 Å². The second-order valence-corrected chi connectivity index (χ2v) is 10.1. The summed E-state index contributed by atoms with van der Waals surface area (Å²) >= 11 is 0. The zero-order chi connectivity index (χ0) is 27.0. The molecule has 37 heavy (non-hydrogen) atoms. The van der Waals surface area contributed by atoms with Gasteiger partial charge in [-0.2, -0.15) is 0 Å². The summed E-state index contributed by atoms with van der Waals surface area (Å²) in [5.41, 5.74) is 0.377. The Balaban J connectivity index is 1.60. The summed E-state index contributed by atoms with van der Waals surface area (Å²) in [7, 11) is 1.76. The number of carbonyl (C=O) groups excluding carboxylic acids is 4. The molecule has 4 aliphatic rings. The molecule has 1 saturated carbocycles. The molecule has 0 bridgehead atoms. The zero-order valence-corrected chi connectivity index (χ0v) is 19.9. The number of aliphatic hydroxyl groups is 3. The number of likely N-dealkylation sites (N-methyl/N-ethyl adjacent to an activating group) is 1. The summed E-state index contributed by atoms with van der Waals surface area (Å²) < 4.78 is 15.2. The molecule has 11 nitrogen and oxygen atoms in total. The van der Waals surface area contributed by atoms with E-state index < -0.39 is 87.5 Å². The molecular weight excluding hydrogens is 489 g/mol. The number of ketones is 2. The molecule has 0 spiro atoms. The Morgan fingerprint density at radius 2 is 1.92 bits per heavy atom. The molecule has 1 heterocycles. The average molecular weight is 515 g/mol. The number of nitrogens with two attached hydrogens (primary N) is 1. The van der Waals surface area contributed by atoms with Crippen molar-refractivity contribution in [2.45, 2.75) is 43.7 Å². The maximum absolute atomic E-state index is 15.2. The third-order valence-corrected chi connectivity index (χ3v) is 8.09. The monoisotopic (exact) mass is 515 g/mol. The first-order valence-corrected chi connectivity index (χ1v) is 11.9. The number of nitrogens with one attached hydrogen (secondary N) is 1. The maximum atomic E-state index is 15.2. The Bertz CT molecular complexity index is 1350. The minimum atomic E-state index is -2.71. The van der Waals surface area contributed by atoms with E-state index >= 15 is 4.39 Å². The highest BCUT2D eigenvalue weighted by Crippen LogP contribution is 2.53. The van der Waals surface area contributed by atoms with Crippen LogP contribution in [0.1, 0.15) is 36.8 Å². The van der Waals surface area contributed by atoms with Crippen molar-refractivity contribution in [2.75, 3.05) is 18.9 Å².